The molecular weight excluding hydrogens is 360 g/mol. The molecule has 8 heteroatoms. The lowest BCUT2D eigenvalue weighted by atomic mass is 10.1. The highest BCUT2D eigenvalue weighted by molar-refractivity contribution is 6.06. The number of nitrogens with one attached hydrogen (secondary N) is 2. The van der Waals surface area contributed by atoms with Crippen molar-refractivity contribution in [2.75, 3.05) is 12.4 Å². The number of aromatic nitrogens is 2. The number of likely N-dealkylation sites (N-methyl/N-ethyl adjacent to an activating group) is 1. The van der Waals surface area contributed by atoms with Gasteiger partial charge in [0.2, 0.25) is 17.6 Å². The van der Waals surface area contributed by atoms with Crippen LogP contribution in [-0.2, 0) is 17.8 Å². The second kappa shape index (κ2) is 8.81. The topological polar surface area (TPSA) is 106 Å². The summed E-state index contributed by atoms with van der Waals surface area (Å²) < 4.78 is 10.6. The van der Waals surface area contributed by atoms with E-state index in [1.165, 1.54) is 0 Å². The van der Waals surface area contributed by atoms with Gasteiger partial charge in [0.15, 0.2) is 6.61 Å². The van der Waals surface area contributed by atoms with Gasteiger partial charge >= 0.3 is 0 Å². The number of ether oxygens (including phenoxy) is 1. The molecule has 0 unspecified atom stereocenters. The minimum Gasteiger partial charge on any atom is -0.485 e. The van der Waals surface area contributed by atoms with Crippen molar-refractivity contribution in [3.8, 4) is 5.75 Å². The van der Waals surface area contributed by atoms with Crippen LogP contribution in [0.2, 0.25) is 0 Å². The molecular formula is C20H20N4O4. The molecule has 28 heavy (non-hydrogen) atoms. The van der Waals surface area contributed by atoms with E-state index in [1.54, 1.807) is 62.5 Å². The first-order chi connectivity index (χ1) is 13.5. The third-order valence-corrected chi connectivity index (χ3v) is 3.91. The predicted octanol–water partition coefficient (Wildman–Crippen LogP) is 2.50. The van der Waals surface area contributed by atoms with E-state index in [0.717, 1.165) is 5.56 Å². The molecule has 144 valence electrons. The molecule has 8 nitrogen and oxygen atoms in total. The Balaban J connectivity index is 1.66. The van der Waals surface area contributed by atoms with E-state index in [-0.39, 0.29) is 24.8 Å². The first-order valence-corrected chi connectivity index (χ1v) is 8.67. The van der Waals surface area contributed by atoms with Crippen molar-refractivity contribution in [3.05, 3.63) is 71.4 Å². The van der Waals surface area contributed by atoms with Crippen molar-refractivity contribution in [2.24, 2.45) is 0 Å². The first-order valence-electron chi connectivity index (χ1n) is 8.67. The third kappa shape index (κ3) is 4.94. The van der Waals surface area contributed by atoms with Gasteiger partial charge in [-0.2, -0.15) is 4.98 Å². The Labute approximate surface area is 161 Å². The lowest BCUT2D eigenvalue weighted by Gasteiger charge is -2.11. The number of rotatable bonds is 7. The molecule has 2 aromatic carbocycles. The van der Waals surface area contributed by atoms with Crippen molar-refractivity contribution < 1.29 is 18.8 Å². The molecule has 0 aliphatic heterocycles. The van der Waals surface area contributed by atoms with Gasteiger partial charge in [0, 0.05) is 19.7 Å². The highest BCUT2D eigenvalue weighted by Crippen LogP contribution is 2.21. The van der Waals surface area contributed by atoms with Gasteiger partial charge in [0.1, 0.15) is 5.75 Å². The molecule has 0 saturated carbocycles. The zero-order valence-electron chi connectivity index (χ0n) is 15.6. The summed E-state index contributed by atoms with van der Waals surface area (Å²) >= 11 is 0. The van der Waals surface area contributed by atoms with Gasteiger partial charge in [-0.15, -0.1) is 0 Å². The maximum atomic E-state index is 12.7. The standard InChI is InChI=1S/C20H20N4O4/c1-13-22-18(24-28-13)12-27-17-6-4-3-5-16(17)20(26)23-15-9-7-14(8-10-15)11-19(25)21-2/h3-10H,11-12H2,1-2H3,(H,21,25)(H,23,26). The van der Waals surface area contributed by atoms with Crippen LogP contribution in [0.1, 0.15) is 27.6 Å². The molecule has 3 aromatic rings. The summed E-state index contributed by atoms with van der Waals surface area (Å²) in [4.78, 5) is 28.1. The Kier molecular flexibility index (Phi) is 6.01. The number of nitrogens with zero attached hydrogens (tertiary/aromatic N) is 2. The van der Waals surface area contributed by atoms with E-state index < -0.39 is 0 Å². The number of amides is 2. The van der Waals surface area contributed by atoms with E-state index in [0.29, 0.717) is 28.7 Å². The summed E-state index contributed by atoms with van der Waals surface area (Å²) in [6.07, 6.45) is 0.289. The zero-order valence-corrected chi connectivity index (χ0v) is 15.6. The van der Waals surface area contributed by atoms with E-state index >= 15 is 0 Å². The van der Waals surface area contributed by atoms with E-state index in [4.69, 9.17) is 9.26 Å². The largest absolute Gasteiger partial charge is 0.485 e. The van der Waals surface area contributed by atoms with Crippen LogP contribution in [0.3, 0.4) is 0 Å². The van der Waals surface area contributed by atoms with Crippen molar-refractivity contribution in [2.45, 2.75) is 20.0 Å². The van der Waals surface area contributed by atoms with Gasteiger partial charge in [-0.05, 0) is 29.8 Å². The van der Waals surface area contributed by atoms with Crippen LogP contribution in [0.25, 0.3) is 0 Å². The summed E-state index contributed by atoms with van der Waals surface area (Å²) in [6.45, 7) is 1.79. The molecule has 0 bridgehead atoms. The fraction of sp³-hybridized carbons (Fsp3) is 0.200. The molecule has 0 radical (unpaired) electrons. The molecule has 2 amide bonds. The highest BCUT2D eigenvalue weighted by atomic mass is 16.5. The molecule has 3 rings (SSSR count). The van der Waals surface area contributed by atoms with E-state index in [9.17, 15) is 9.59 Å². The Morgan fingerprint density at radius 3 is 2.54 bits per heavy atom. The Morgan fingerprint density at radius 1 is 1.11 bits per heavy atom. The molecule has 0 fully saturated rings. The molecule has 1 aromatic heterocycles. The van der Waals surface area contributed by atoms with Gasteiger partial charge in [0.05, 0.1) is 12.0 Å². The summed E-state index contributed by atoms with van der Waals surface area (Å²) in [5, 5.41) is 9.17. The van der Waals surface area contributed by atoms with Crippen LogP contribution >= 0.6 is 0 Å². The van der Waals surface area contributed by atoms with Crippen LogP contribution in [0.5, 0.6) is 5.75 Å². The SMILES string of the molecule is CNC(=O)Cc1ccc(NC(=O)c2ccccc2OCc2noc(C)n2)cc1. The first kappa shape index (κ1) is 19.1. The van der Waals surface area contributed by atoms with E-state index in [2.05, 4.69) is 20.8 Å². The number of carbonyl (C=O) groups excluding carboxylic acids is 2. The average Bonchev–Trinajstić information content (AvgIpc) is 3.13. The summed E-state index contributed by atoms with van der Waals surface area (Å²) in [6, 6.07) is 14.0. The smallest absolute Gasteiger partial charge is 0.259 e. The number of hydrogen-bond donors (Lipinski definition) is 2. The van der Waals surface area contributed by atoms with Crippen molar-refractivity contribution in [3.63, 3.8) is 0 Å². The molecule has 0 atom stereocenters. The minimum absolute atomic E-state index is 0.0698. The van der Waals surface area contributed by atoms with Gasteiger partial charge in [-0.1, -0.05) is 29.4 Å². The number of carbonyl (C=O) groups is 2. The lowest BCUT2D eigenvalue weighted by molar-refractivity contribution is -0.119. The van der Waals surface area contributed by atoms with Crippen LogP contribution in [0, 0.1) is 6.92 Å². The number of hydrogen-bond acceptors (Lipinski definition) is 6. The minimum atomic E-state index is -0.307. The quantitative estimate of drug-likeness (QED) is 0.652. The van der Waals surface area contributed by atoms with Crippen molar-refractivity contribution >= 4 is 17.5 Å². The molecule has 0 spiro atoms. The molecule has 2 N–H and O–H groups in total. The number of para-hydroxylation sites is 1. The Hall–Kier alpha value is -3.68. The van der Waals surface area contributed by atoms with E-state index in [1.807, 2.05) is 0 Å². The predicted molar refractivity (Wildman–Crippen MR) is 102 cm³/mol. The van der Waals surface area contributed by atoms with Crippen molar-refractivity contribution in [1.29, 1.82) is 0 Å². The summed E-state index contributed by atoms with van der Waals surface area (Å²) in [5.41, 5.74) is 1.86. The molecule has 0 aliphatic carbocycles. The second-order valence-corrected chi connectivity index (χ2v) is 6.02. The van der Waals surface area contributed by atoms with Gasteiger partial charge in [0.25, 0.3) is 5.91 Å². The summed E-state index contributed by atoms with van der Waals surface area (Å²) in [5.74, 6) is 0.890. The number of benzene rings is 2. The van der Waals surface area contributed by atoms with Gasteiger partial charge in [-0.25, -0.2) is 0 Å². The lowest BCUT2D eigenvalue weighted by Crippen LogP contribution is -2.19. The van der Waals surface area contributed by atoms with Crippen LogP contribution < -0.4 is 15.4 Å². The monoisotopic (exact) mass is 380 g/mol. The Morgan fingerprint density at radius 2 is 1.86 bits per heavy atom. The zero-order chi connectivity index (χ0) is 19.9. The normalized spacial score (nSPS) is 10.4. The maximum Gasteiger partial charge on any atom is 0.259 e. The third-order valence-electron chi connectivity index (χ3n) is 3.91. The number of aryl methyl sites for hydroxylation is 1. The van der Waals surface area contributed by atoms with Crippen molar-refractivity contribution in [1.82, 2.24) is 15.5 Å². The second-order valence-electron chi connectivity index (χ2n) is 6.02. The summed E-state index contributed by atoms with van der Waals surface area (Å²) in [7, 11) is 1.59. The maximum absolute atomic E-state index is 12.7. The highest BCUT2D eigenvalue weighted by Gasteiger charge is 2.14. The fourth-order valence-electron chi connectivity index (χ4n) is 2.50. The number of anilines is 1. The molecule has 0 saturated heterocycles. The molecule has 1 heterocycles. The molecule has 0 aliphatic rings. The van der Waals surface area contributed by atoms with Crippen LogP contribution in [-0.4, -0.2) is 29.0 Å². The van der Waals surface area contributed by atoms with Gasteiger partial charge < -0.3 is 19.9 Å². The Bertz CT molecular complexity index is 966. The van der Waals surface area contributed by atoms with Crippen LogP contribution in [0.15, 0.2) is 53.1 Å². The van der Waals surface area contributed by atoms with Gasteiger partial charge in [-0.3, -0.25) is 9.59 Å². The average molecular weight is 380 g/mol. The fourth-order valence-corrected chi connectivity index (χ4v) is 2.50. The van der Waals surface area contributed by atoms with Crippen LogP contribution in [0.4, 0.5) is 5.69 Å².